The molecule has 2 aromatic rings. The third-order valence-electron chi connectivity index (χ3n) is 6.60. The fourth-order valence-corrected chi connectivity index (χ4v) is 5.55. The number of pyridine rings is 1. The maximum atomic E-state index is 14.6. The van der Waals surface area contributed by atoms with E-state index in [-0.39, 0.29) is 54.3 Å². The molecule has 1 amide bonds. The Hall–Kier alpha value is -1.68. The van der Waals surface area contributed by atoms with Crippen LogP contribution in [0.2, 0.25) is 0 Å². The number of fused-ring (bicyclic) bond motifs is 1. The van der Waals surface area contributed by atoms with Crippen molar-refractivity contribution in [1.29, 1.82) is 0 Å². The van der Waals surface area contributed by atoms with Crippen molar-refractivity contribution in [1.82, 2.24) is 20.2 Å². The van der Waals surface area contributed by atoms with Gasteiger partial charge in [0.15, 0.2) is 0 Å². The predicted octanol–water partition coefficient (Wildman–Crippen LogP) is 4.38. The van der Waals surface area contributed by atoms with E-state index in [2.05, 4.69) is 27.1 Å². The van der Waals surface area contributed by atoms with Gasteiger partial charge in [0.05, 0.1) is 22.9 Å². The summed E-state index contributed by atoms with van der Waals surface area (Å²) in [5.74, 6) is -3.02. The van der Waals surface area contributed by atoms with Crippen LogP contribution < -0.4 is 10.2 Å². The summed E-state index contributed by atoms with van der Waals surface area (Å²) in [5.41, 5.74) is 0.731. The smallest absolute Gasteiger partial charge is 0.274 e. The molecule has 0 aromatic carbocycles. The average molecular weight is 514 g/mol. The summed E-state index contributed by atoms with van der Waals surface area (Å²) in [5, 5.41) is 6.51. The van der Waals surface area contributed by atoms with Crippen LogP contribution in [0.15, 0.2) is 23.8 Å². The van der Waals surface area contributed by atoms with E-state index >= 15 is 0 Å². The SMILES string of the molecule is CCCC(F)(F)c1cnc2c(c1)N(C(=O)CN1C[C@@H](C)NC[C@@H]1Cc1nccs1)CC2(C)C.Cl. The number of hydrogen-bond acceptors (Lipinski definition) is 6. The number of halogens is 3. The predicted molar refractivity (Wildman–Crippen MR) is 134 cm³/mol. The number of piperazine rings is 1. The molecule has 4 heterocycles. The molecule has 1 saturated heterocycles. The third kappa shape index (κ3) is 5.58. The molecule has 2 aromatic heterocycles. The lowest BCUT2D eigenvalue weighted by atomic mass is 9.91. The Labute approximate surface area is 210 Å². The van der Waals surface area contributed by atoms with E-state index in [0.717, 1.165) is 24.5 Å². The molecule has 2 aliphatic rings. The van der Waals surface area contributed by atoms with Crippen LogP contribution in [0.4, 0.5) is 14.5 Å². The largest absolute Gasteiger partial charge is 0.311 e. The standard InChI is InChI=1S/C24H33F2N5OS.ClH/c1-5-6-24(25,26)17-9-19-22(29-11-17)23(3,4)15-31(19)21(32)14-30-13-16(2)28-12-18(30)10-20-27-7-8-33-20;/h7-9,11,16,18,28H,5-6,10,12-15H2,1-4H3;1H/t16-,18+;/m1./s1. The van der Waals surface area contributed by atoms with Gasteiger partial charge in [-0.2, -0.15) is 0 Å². The molecule has 1 fully saturated rings. The van der Waals surface area contributed by atoms with Crippen molar-refractivity contribution in [2.24, 2.45) is 0 Å². The highest BCUT2D eigenvalue weighted by Gasteiger charge is 2.42. The highest BCUT2D eigenvalue weighted by atomic mass is 35.5. The maximum absolute atomic E-state index is 14.6. The zero-order chi connectivity index (χ0) is 23.8. The minimum Gasteiger partial charge on any atom is -0.311 e. The summed E-state index contributed by atoms with van der Waals surface area (Å²) in [6, 6.07) is 1.91. The van der Waals surface area contributed by atoms with Gasteiger partial charge >= 0.3 is 0 Å². The number of alkyl halides is 2. The Morgan fingerprint density at radius 3 is 2.79 bits per heavy atom. The first-order valence-electron chi connectivity index (χ1n) is 11.7. The third-order valence-corrected chi connectivity index (χ3v) is 7.40. The van der Waals surface area contributed by atoms with Crippen molar-refractivity contribution in [3.05, 3.63) is 40.1 Å². The number of carbonyl (C=O) groups excluding carboxylic acids is 1. The minimum absolute atomic E-state index is 0. The lowest BCUT2D eigenvalue weighted by Gasteiger charge is -2.39. The van der Waals surface area contributed by atoms with Crippen LogP contribution in [0.3, 0.4) is 0 Å². The number of nitrogens with zero attached hydrogens (tertiary/aromatic N) is 4. The number of rotatable bonds is 7. The van der Waals surface area contributed by atoms with Gasteiger partial charge in [-0.3, -0.25) is 14.7 Å². The van der Waals surface area contributed by atoms with Gasteiger partial charge in [-0.1, -0.05) is 27.2 Å². The summed E-state index contributed by atoms with van der Waals surface area (Å²) in [6.07, 6.45) is 4.01. The minimum atomic E-state index is -2.95. The zero-order valence-electron chi connectivity index (χ0n) is 20.2. The van der Waals surface area contributed by atoms with Crippen LogP contribution in [0.5, 0.6) is 0 Å². The zero-order valence-corrected chi connectivity index (χ0v) is 21.8. The van der Waals surface area contributed by atoms with Crippen LogP contribution in [0.25, 0.3) is 0 Å². The van der Waals surface area contributed by atoms with Gasteiger partial charge in [-0.15, -0.1) is 23.7 Å². The molecular formula is C24H34ClF2N5OS. The van der Waals surface area contributed by atoms with Crippen molar-refractivity contribution >= 4 is 35.3 Å². The number of nitrogens with one attached hydrogen (secondary N) is 1. The van der Waals surface area contributed by atoms with E-state index < -0.39 is 5.92 Å². The number of aromatic nitrogens is 2. The van der Waals surface area contributed by atoms with Crippen LogP contribution in [-0.4, -0.2) is 59.0 Å². The van der Waals surface area contributed by atoms with Crippen LogP contribution in [0.1, 0.15) is 56.8 Å². The van der Waals surface area contributed by atoms with Crippen molar-refractivity contribution in [2.75, 3.05) is 31.1 Å². The van der Waals surface area contributed by atoms with Gasteiger partial charge in [-0.05, 0) is 13.0 Å². The number of amides is 1. The Morgan fingerprint density at radius 1 is 1.35 bits per heavy atom. The lowest BCUT2D eigenvalue weighted by Crippen LogP contribution is -2.58. The van der Waals surface area contributed by atoms with E-state index in [1.807, 2.05) is 19.2 Å². The molecule has 1 N–H and O–H groups in total. The van der Waals surface area contributed by atoms with Gasteiger partial charge in [0.2, 0.25) is 5.91 Å². The molecule has 6 nitrogen and oxygen atoms in total. The Morgan fingerprint density at radius 2 is 2.12 bits per heavy atom. The highest BCUT2D eigenvalue weighted by molar-refractivity contribution is 7.09. The first-order valence-corrected chi connectivity index (χ1v) is 12.5. The molecule has 0 radical (unpaired) electrons. The first-order chi connectivity index (χ1) is 15.6. The van der Waals surface area contributed by atoms with Crippen molar-refractivity contribution in [3.63, 3.8) is 0 Å². The van der Waals surface area contributed by atoms with Gasteiger partial charge < -0.3 is 10.2 Å². The quantitative estimate of drug-likeness (QED) is 0.595. The molecule has 34 heavy (non-hydrogen) atoms. The fraction of sp³-hybridized carbons (Fsp3) is 0.625. The van der Waals surface area contributed by atoms with Gasteiger partial charge in [0, 0.05) is 73.3 Å². The number of thiazole rings is 1. The summed E-state index contributed by atoms with van der Waals surface area (Å²) in [4.78, 5) is 26.2. The summed E-state index contributed by atoms with van der Waals surface area (Å²) in [6.45, 7) is 10.1. The number of carbonyl (C=O) groups is 1. The van der Waals surface area contributed by atoms with E-state index in [0.29, 0.717) is 24.3 Å². The van der Waals surface area contributed by atoms with Crippen LogP contribution >= 0.6 is 23.7 Å². The summed E-state index contributed by atoms with van der Waals surface area (Å²) < 4.78 is 29.3. The molecule has 0 spiro atoms. The van der Waals surface area contributed by atoms with Crippen molar-refractivity contribution in [3.8, 4) is 0 Å². The monoisotopic (exact) mass is 513 g/mol. The average Bonchev–Trinajstić information content (AvgIpc) is 3.35. The summed E-state index contributed by atoms with van der Waals surface area (Å²) in [7, 11) is 0. The van der Waals surface area contributed by atoms with Gasteiger partial charge in [0.25, 0.3) is 5.92 Å². The normalized spacial score (nSPS) is 22.4. The lowest BCUT2D eigenvalue weighted by molar-refractivity contribution is -0.120. The van der Waals surface area contributed by atoms with E-state index in [4.69, 9.17) is 0 Å². The molecule has 0 unspecified atom stereocenters. The van der Waals surface area contributed by atoms with E-state index in [9.17, 15) is 13.6 Å². The molecule has 2 aliphatic heterocycles. The van der Waals surface area contributed by atoms with E-state index in [1.54, 1.807) is 29.4 Å². The van der Waals surface area contributed by atoms with Crippen LogP contribution in [0, 0.1) is 0 Å². The Bertz CT molecular complexity index is 988. The van der Waals surface area contributed by atoms with E-state index in [1.165, 1.54) is 12.3 Å². The topological polar surface area (TPSA) is 61.4 Å². The van der Waals surface area contributed by atoms with Gasteiger partial charge in [-0.25, -0.2) is 13.8 Å². The fourth-order valence-electron chi connectivity index (χ4n) is 4.86. The molecule has 0 saturated carbocycles. The summed E-state index contributed by atoms with van der Waals surface area (Å²) >= 11 is 1.62. The highest BCUT2D eigenvalue weighted by Crippen LogP contribution is 2.42. The van der Waals surface area contributed by atoms with Crippen LogP contribution in [-0.2, 0) is 22.6 Å². The molecular weight excluding hydrogens is 480 g/mol. The van der Waals surface area contributed by atoms with Crippen molar-refractivity contribution < 1.29 is 13.6 Å². The second kappa shape index (κ2) is 10.5. The molecule has 4 rings (SSSR count). The second-order valence-corrected chi connectivity index (χ2v) is 10.9. The van der Waals surface area contributed by atoms with Gasteiger partial charge in [0.1, 0.15) is 0 Å². The molecule has 10 heteroatoms. The Balaban J connectivity index is 0.00000324. The number of anilines is 1. The molecule has 188 valence electrons. The molecule has 0 aliphatic carbocycles. The molecule has 2 atom stereocenters. The first kappa shape index (κ1) is 26.9. The Kier molecular flexibility index (Phi) is 8.33. The van der Waals surface area contributed by atoms with Crippen molar-refractivity contribution in [2.45, 2.75) is 70.4 Å². The number of hydrogen-bond donors (Lipinski definition) is 1. The second-order valence-electron chi connectivity index (χ2n) is 9.93. The molecule has 0 bridgehead atoms. The maximum Gasteiger partial charge on any atom is 0.274 e.